The van der Waals surface area contributed by atoms with Gasteiger partial charge in [0.15, 0.2) is 0 Å². The summed E-state index contributed by atoms with van der Waals surface area (Å²) in [5.41, 5.74) is 0.856. The Hall–Kier alpha value is -0.680. The lowest BCUT2D eigenvalue weighted by Gasteiger charge is -2.43. The van der Waals surface area contributed by atoms with Crippen molar-refractivity contribution in [2.24, 2.45) is 5.92 Å². The summed E-state index contributed by atoms with van der Waals surface area (Å²) in [7, 11) is 1.83. The zero-order valence-corrected chi connectivity index (χ0v) is 15.6. The first-order valence-corrected chi connectivity index (χ1v) is 9.81. The molecule has 4 rings (SSSR count). The second-order valence-electron chi connectivity index (χ2n) is 7.96. The number of rotatable bonds is 6. The van der Waals surface area contributed by atoms with Crippen molar-refractivity contribution in [1.29, 1.82) is 0 Å². The summed E-state index contributed by atoms with van der Waals surface area (Å²) in [4.78, 5) is 2.43. The molecule has 0 amide bonds. The zero-order valence-electron chi connectivity index (χ0n) is 14.8. The SMILES string of the molecule is CO[C@@]12CC[C@@H](OCC3CC3)C[C@@H]1N(Cc1cc(F)cc(Cl)c1)CC2. The maximum Gasteiger partial charge on any atom is 0.125 e. The van der Waals surface area contributed by atoms with Crippen molar-refractivity contribution in [3.8, 4) is 0 Å². The lowest BCUT2D eigenvalue weighted by molar-refractivity contribution is -0.103. The molecule has 0 aromatic heterocycles. The van der Waals surface area contributed by atoms with Crippen LogP contribution in [0, 0.1) is 11.7 Å². The van der Waals surface area contributed by atoms with Crippen molar-refractivity contribution in [3.63, 3.8) is 0 Å². The number of fused-ring (bicyclic) bond motifs is 1. The minimum Gasteiger partial charge on any atom is -0.378 e. The summed E-state index contributed by atoms with van der Waals surface area (Å²) in [6.45, 7) is 2.60. The van der Waals surface area contributed by atoms with Gasteiger partial charge in [-0.05, 0) is 68.2 Å². The highest BCUT2D eigenvalue weighted by Crippen LogP contribution is 2.44. The number of hydrogen-bond acceptors (Lipinski definition) is 3. The van der Waals surface area contributed by atoms with E-state index in [1.807, 2.05) is 13.2 Å². The van der Waals surface area contributed by atoms with Crippen LogP contribution in [-0.4, -0.2) is 42.9 Å². The Kier molecular flexibility index (Phi) is 5.07. The normalized spacial score (nSPS) is 32.8. The number of likely N-dealkylation sites (tertiary alicyclic amines) is 1. The molecule has 0 unspecified atom stereocenters. The number of ether oxygens (including phenoxy) is 2. The second kappa shape index (κ2) is 7.15. The van der Waals surface area contributed by atoms with Gasteiger partial charge < -0.3 is 9.47 Å². The highest BCUT2D eigenvalue weighted by Gasteiger charge is 2.51. The van der Waals surface area contributed by atoms with Gasteiger partial charge >= 0.3 is 0 Å². The fraction of sp³-hybridized carbons (Fsp3) is 0.700. The first kappa shape index (κ1) is 17.7. The number of hydrogen-bond donors (Lipinski definition) is 0. The molecule has 0 radical (unpaired) electrons. The van der Waals surface area contributed by atoms with Gasteiger partial charge in [0.2, 0.25) is 0 Å². The first-order valence-electron chi connectivity index (χ1n) is 9.44. The van der Waals surface area contributed by atoms with Crippen molar-refractivity contribution in [2.45, 2.75) is 62.8 Å². The molecule has 1 heterocycles. The minimum atomic E-state index is -0.269. The molecule has 25 heavy (non-hydrogen) atoms. The zero-order chi connectivity index (χ0) is 17.4. The Morgan fingerprint density at radius 2 is 2.08 bits per heavy atom. The third-order valence-corrected chi connectivity index (χ3v) is 6.44. The molecule has 2 aliphatic carbocycles. The quantitative estimate of drug-likeness (QED) is 0.743. The molecule has 3 aliphatic rings. The summed E-state index contributed by atoms with van der Waals surface area (Å²) in [5.74, 6) is 0.525. The highest BCUT2D eigenvalue weighted by molar-refractivity contribution is 6.30. The molecule has 3 atom stereocenters. The van der Waals surface area contributed by atoms with Crippen LogP contribution in [0.4, 0.5) is 4.39 Å². The van der Waals surface area contributed by atoms with Crippen molar-refractivity contribution < 1.29 is 13.9 Å². The van der Waals surface area contributed by atoms with Gasteiger partial charge in [0, 0.05) is 37.9 Å². The summed E-state index contributed by atoms with van der Waals surface area (Å²) in [6, 6.07) is 5.14. The average molecular weight is 368 g/mol. The van der Waals surface area contributed by atoms with Gasteiger partial charge in [-0.1, -0.05) is 11.6 Å². The van der Waals surface area contributed by atoms with Gasteiger partial charge in [-0.3, -0.25) is 4.90 Å². The Morgan fingerprint density at radius 3 is 2.80 bits per heavy atom. The topological polar surface area (TPSA) is 21.7 Å². The van der Waals surface area contributed by atoms with Gasteiger partial charge in [-0.25, -0.2) is 4.39 Å². The fourth-order valence-corrected chi connectivity index (χ4v) is 4.83. The van der Waals surface area contributed by atoms with Crippen LogP contribution in [-0.2, 0) is 16.0 Å². The van der Waals surface area contributed by atoms with E-state index in [-0.39, 0.29) is 11.4 Å². The number of halogens is 2. The Bertz CT molecular complexity index is 603. The van der Waals surface area contributed by atoms with Crippen LogP contribution in [0.15, 0.2) is 18.2 Å². The average Bonchev–Trinajstić information content (AvgIpc) is 3.35. The smallest absolute Gasteiger partial charge is 0.125 e. The van der Waals surface area contributed by atoms with E-state index in [1.54, 1.807) is 6.07 Å². The van der Waals surface area contributed by atoms with Crippen LogP contribution in [0.5, 0.6) is 0 Å². The Labute approximate surface area is 154 Å². The van der Waals surface area contributed by atoms with Gasteiger partial charge in [-0.2, -0.15) is 0 Å². The maximum atomic E-state index is 13.7. The monoisotopic (exact) mass is 367 g/mol. The summed E-state index contributed by atoms with van der Waals surface area (Å²) in [5, 5.41) is 0.460. The van der Waals surface area contributed by atoms with E-state index < -0.39 is 0 Å². The van der Waals surface area contributed by atoms with Crippen molar-refractivity contribution in [2.75, 3.05) is 20.3 Å². The van der Waals surface area contributed by atoms with Crippen LogP contribution < -0.4 is 0 Å². The summed E-state index contributed by atoms with van der Waals surface area (Å²) < 4.78 is 25.9. The van der Waals surface area contributed by atoms with Gasteiger partial charge in [0.1, 0.15) is 5.82 Å². The van der Waals surface area contributed by atoms with Crippen LogP contribution in [0.3, 0.4) is 0 Å². The summed E-state index contributed by atoms with van der Waals surface area (Å²) in [6.07, 6.45) is 7.14. The van der Waals surface area contributed by atoms with Crippen LogP contribution in [0.1, 0.15) is 44.1 Å². The Morgan fingerprint density at radius 1 is 1.24 bits per heavy atom. The Balaban J connectivity index is 1.46. The van der Waals surface area contributed by atoms with Crippen LogP contribution in [0.25, 0.3) is 0 Å². The lowest BCUT2D eigenvalue weighted by atomic mass is 9.79. The van der Waals surface area contributed by atoms with E-state index in [4.69, 9.17) is 21.1 Å². The largest absolute Gasteiger partial charge is 0.378 e. The first-order chi connectivity index (χ1) is 12.1. The maximum absolute atomic E-state index is 13.7. The molecular weight excluding hydrogens is 341 g/mol. The van der Waals surface area contributed by atoms with Crippen molar-refractivity contribution in [1.82, 2.24) is 4.90 Å². The van der Waals surface area contributed by atoms with Crippen molar-refractivity contribution in [3.05, 3.63) is 34.6 Å². The molecule has 0 spiro atoms. The third-order valence-electron chi connectivity index (χ3n) is 6.22. The van der Waals surface area contributed by atoms with E-state index in [9.17, 15) is 4.39 Å². The van der Waals surface area contributed by atoms with Gasteiger partial charge in [-0.15, -0.1) is 0 Å². The van der Waals surface area contributed by atoms with E-state index in [0.717, 1.165) is 50.3 Å². The number of methoxy groups -OCH3 is 1. The predicted octanol–water partition coefficient (Wildman–Crippen LogP) is 4.42. The molecule has 3 fully saturated rings. The standard InChI is InChI=1S/C20H27ClFNO2/c1-24-20-5-4-18(25-13-14-2-3-14)11-19(20)23(7-6-20)12-15-8-16(21)10-17(22)9-15/h8-10,14,18-19H,2-7,11-13H2,1H3/t18-,19+,20-/m1/s1. The van der Waals surface area contributed by atoms with Gasteiger partial charge in [0.05, 0.1) is 11.7 Å². The van der Waals surface area contributed by atoms with E-state index in [2.05, 4.69) is 4.90 Å². The molecule has 5 heteroatoms. The van der Waals surface area contributed by atoms with Crippen molar-refractivity contribution >= 4 is 11.6 Å². The van der Waals surface area contributed by atoms with E-state index >= 15 is 0 Å². The predicted molar refractivity (Wildman–Crippen MR) is 96.3 cm³/mol. The van der Waals surface area contributed by atoms with Crippen LogP contribution in [0.2, 0.25) is 5.02 Å². The molecule has 1 aliphatic heterocycles. The number of benzene rings is 1. The molecule has 0 bridgehead atoms. The fourth-order valence-electron chi connectivity index (χ4n) is 4.59. The molecule has 3 nitrogen and oxygen atoms in total. The molecule has 138 valence electrons. The lowest BCUT2D eigenvalue weighted by Crippen LogP contribution is -2.51. The molecule has 1 aromatic carbocycles. The van der Waals surface area contributed by atoms with E-state index in [0.29, 0.717) is 23.7 Å². The van der Waals surface area contributed by atoms with E-state index in [1.165, 1.54) is 18.9 Å². The summed E-state index contributed by atoms with van der Waals surface area (Å²) >= 11 is 6.02. The molecule has 2 saturated carbocycles. The second-order valence-corrected chi connectivity index (χ2v) is 8.39. The van der Waals surface area contributed by atoms with Gasteiger partial charge in [0.25, 0.3) is 0 Å². The minimum absolute atomic E-state index is 0.0729. The number of nitrogens with zero attached hydrogens (tertiary/aromatic N) is 1. The highest BCUT2D eigenvalue weighted by atomic mass is 35.5. The molecule has 0 N–H and O–H groups in total. The third kappa shape index (κ3) is 3.87. The molecule has 1 saturated heterocycles. The molecule has 1 aromatic rings. The van der Waals surface area contributed by atoms with Crippen LogP contribution >= 0.6 is 11.6 Å². The molecular formula is C20H27ClFNO2.